The molecule has 4 rings (SSSR count). The smallest absolute Gasteiger partial charge is 0.317 e. The number of urea groups is 1. The first-order valence-corrected chi connectivity index (χ1v) is 9.72. The minimum absolute atomic E-state index is 0.0499. The van der Waals surface area contributed by atoms with Crippen LogP contribution in [0.25, 0.3) is 22.1 Å². The fraction of sp³-hybridized carbons (Fsp3) is 0.273. The number of furan rings is 1. The zero-order valence-electron chi connectivity index (χ0n) is 15.3. The number of piperidine rings is 1. The van der Waals surface area contributed by atoms with Crippen LogP contribution in [0.5, 0.6) is 0 Å². The number of hydrogen-bond donors (Lipinski definition) is 1. The van der Waals surface area contributed by atoms with Gasteiger partial charge in [0.05, 0.1) is 12.6 Å². The summed E-state index contributed by atoms with van der Waals surface area (Å²) < 4.78 is 6.05. The molecule has 1 N–H and O–H groups in total. The van der Waals surface area contributed by atoms with E-state index in [1.807, 2.05) is 42.5 Å². The van der Waals surface area contributed by atoms with E-state index in [2.05, 4.69) is 11.4 Å². The average Bonchev–Trinajstić information content (AvgIpc) is 3.10. The number of rotatable bonds is 3. The topological polar surface area (TPSA) is 69.3 Å². The molecule has 0 aliphatic carbocycles. The number of likely N-dealkylation sites (tertiary alicyclic amines) is 1. The molecule has 1 aliphatic heterocycles. The van der Waals surface area contributed by atoms with Gasteiger partial charge < -0.3 is 14.6 Å². The number of fused-ring (bicyclic) bond motifs is 1. The second-order valence-corrected chi connectivity index (χ2v) is 7.39. The Balaban J connectivity index is 1.57. The van der Waals surface area contributed by atoms with Gasteiger partial charge in [-0.1, -0.05) is 41.9 Å². The van der Waals surface area contributed by atoms with Gasteiger partial charge in [0, 0.05) is 35.0 Å². The van der Waals surface area contributed by atoms with Gasteiger partial charge in [0.25, 0.3) is 0 Å². The van der Waals surface area contributed by atoms with Crippen molar-refractivity contribution in [3.63, 3.8) is 0 Å². The molecule has 1 fully saturated rings. The molecule has 0 bridgehead atoms. The Morgan fingerprint density at radius 2 is 1.96 bits per heavy atom. The molecule has 6 heteroatoms. The van der Waals surface area contributed by atoms with Gasteiger partial charge in [-0.2, -0.15) is 5.26 Å². The van der Waals surface area contributed by atoms with E-state index < -0.39 is 0 Å². The summed E-state index contributed by atoms with van der Waals surface area (Å²) in [7, 11) is 0. The number of halogens is 1. The fourth-order valence-corrected chi connectivity index (χ4v) is 3.82. The third kappa shape index (κ3) is 3.69. The lowest BCUT2D eigenvalue weighted by molar-refractivity contribution is 0.178. The number of carbonyl (C=O) groups excluding carboxylic acids is 1. The standard InChI is InChI=1S/C22H20ClN3O2/c23-17-6-7-19-18(12-17)21(16-4-2-1-3-5-16)20(28-19)14-25-22(27)26-10-8-15(13-24)9-11-26/h1-7,12,15H,8-11,14H2,(H,25,27). The van der Waals surface area contributed by atoms with E-state index in [9.17, 15) is 4.79 Å². The van der Waals surface area contributed by atoms with Gasteiger partial charge in [-0.05, 0) is 36.6 Å². The quantitative estimate of drug-likeness (QED) is 0.665. The largest absolute Gasteiger partial charge is 0.459 e. The zero-order chi connectivity index (χ0) is 19.5. The van der Waals surface area contributed by atoms with Crippen LogP contribution in [-0.2, 0) is 6.54 Å². The molecule has 2 amide bonds. The first-order chi connectivity index (χ1) is 13.7. The maximum atomic E-state index is 12.6. The maximum Gasteiger partial charge on any atom is 0.317 e. The highest BCUT2D eigenvalue weighted by Crippen LogP contribution is 2.36. The van der Waals surface area contributed by atoms with Gasteiger partial charge in [0.1, 0.15) is 11.3 Å². The monoisotopic (exact) mass is 393 g/mol. The predicted molar refractivity (Wildman–Crippen MR) is 109 cm³/mol. The number of nitrogens with zero attached hydrogens (tertiary/aromatic N) is 2. The van der Waals surface area contributed by atoms with Crippen molar-refractivity contribution in [1.82, 2.24) is 10.2 Å². The molecule has 1 saturated heterocycles. The first-order valence-electron chi connectivity index (χ1n) is 9.34. The van der Waals surface area contributed by atoms with Crippen LogP contribution in [0.4, 0.5) is 4.79 Å². The van der Waals surface area contributed by atoms with Gasteiger partial charge in [0.15, 0.2) is 0 Å². The van der Waals surface area contributed by atoms with Crippen LogP contribution in [0.1, 0.15) is 18.6 Å². The third-order valence-corrected chi connectivity index (χ3v) is 5.39. The summed E-state index contributed by atoms with van der Waals surface area (Å²) in [6, 6.07) is 17.6. The highest BCUT2D eigenvalue weighted by atomic mass is 35.5. The van der Waals surface area contributed by atoms with Crippen molar-refractivity contribution in [2.24, 2.45) is 5.92 Å². The van der Waals surface area contributed by atoms with E-state index in [1.54, 1.807) is 11.0 Å². The van der Waals surface area contributed by atoms with Crippen LogP contribution < -0.4 is 5.32 Å². The van der Waals surface area contributed by atoms with Crippen molar-refractivity contribution in [3.05, 3.63) is 59.3 Å². The van der Waals surface area contributed by atoms with Crippen molar-refractivity contribution in [3.8, 4) is 17.2 Å². The second-order valence-electron chi connectivity index (χ2n) is 6.96. The minimum atomic E-state index is -0.131. The van der Waals surface area contributed by atoms with Crippen molar-refractivity contribution in [2.75, 3.05) is 13.1 Å². The van der Waals surface area contributed by atoms with E-state index in [1.165, 1.54) is 0 Å². The van der Waals surface area contributed by atoms with E-state index in [0.29, 0.717) is 23.9 Å². The summed E-state index contributed by atoms with van der Waals surface area (Å²) in [5.74, 6) is 0.748. The molecule has 1 aromatic heterocycles. The summed E-state index contributed by atoms with van der Waals surface area (Å²) in [6.45, 7) is 1.49. The molecule has 0 radical (unpaired) electrons. The van der Waals surface area contributed by atoms with Gasteiger partial charge >= 0.3 is 6.03 Å². The van der Waals surface area contributed by atoms with Gasteiger partial charge in [-0.15, -0.1) is 0 Å². The van der Waals surface area contributed by atoms with E-state index >= 15 is 0 Å². The molecule has 0 unspecified atom stereocenters. The molecule has 2 heterocycles. The summed E-state index contributed by atoms with van der Waals surface area (Å²) >= 11 is 6.20. The van der Waals surface area contributed by atoms with E-state index in [0.717, 1.165) is 34.9 Å². The van der Waals surface area contributed by atoms with Crippen molar-refractivity contribution < 1.29 is 9.21 Å². The molecule has 3 aromatic rings. The highest BCUT2D eigenvalue weighted by Gasteiger charge is 2.23. The summed E-state index contributed by atoms with van der Waals surface area (Å²) in [6.07, 6.45) is 1.45. The Bertz CT molecular complexity index is 1030. The Morgan fingerprint density at radius 1 is 1.21 bits per heavy atom. The van der Waals surface area contributed by atoms with Crippen molar-refractivity contribution in [1.29, 1.82) is 5.26 Å². The number of hydrogen-bond acceptors (Lipinski definition) is 3. The molecule has 0 saturated carbocycles. The number of benzene rings is 2. The van der Waals surface area contributed by atoms with Crippen LogP contribution in [0.3, 0.4) is 0 Å². The molecule has 5 nitrogen and oxygen atoms in total. The Kier molecular flexibility index (Phi) is 5.23. The van der Waals surface area contributed by atoms with Crippen molar-refractivity contribution in [2.45, 2.75) is 19.4 Å². The molecule has 28 heavy (non-hydrogen) atoms. The highest BCUT2D eigenvalue weighted by molar-refractivity contribution is 6.31. The molecular formula is C22H20ClN3O2. The normalized spacial score (nSPS) is 14.8. The van der Waals surface area contributed by atoms with Gasteiger partial charge in [0.2, 0.25) is 0 Å². The third-order valence-electron chi connectivity index (χ3n) is 5.15. The molecule has 2 aromatic carbocycles. The van der Waals surface area contributed by atoms with Crippen molar-refractivity contribution >= 4 is 28.6 Å². The lowest BCUT2D eigenvalue weighted by atomic mass is 9.99. The summed E-state index contributed by atoms with van der Waals surface area (Å²) in [5.41, 5.74) is 2.70. The lowest BCUT2D eigenvalue weighted by Gasteiger charge is -2.29. The molecule has 0 atom stereocenters. The van der Waals surface area contributed by atoms with Gasteiger partial charge in [-0.25, -0.2) is 4.79 Å². The van der Waals surface area contributed by atoms with E-state index in [4.69, 9.17) is 21.3 Å². The maximum absolute atomic E-state index is 12.6. The predicted octanol–water partition coefficient (Wildman–Crippen LogP) is 5.20. The van der Waals surface area contributed by atoms with Gasteiger partial charge in [-0.3, -0.25) is 0 Å². The molecule has 1 aliphatic rings. The van der Waals surface area contributed by atoms with Crippen LogP contribution in [0.2, 0.25) is 5.02 Å². The second kappa shape index (κ2) is 7.95. The first kappa shape index (κ1) is 18.4. The number of nitriles is 1. The number of nitrogens with one attached hydrogen (secondary N) is 1. The zero-order valence-corrected chi connectivity index (χ0v) is 16.1. The summed E-state index contributed by atoms with van der Waals surface area (Å²) in [5, 5.41) is 13.5. The average molecular weight is 394 g/mol. The van der Waals surface area contributed by atoms with Crippen LogP contribution in [0, 0.1) is 17.2 Å². The van der Waals surface area contributed by atoms with Crippen LogP contribution >= 0.6 is 11.6 Å². The Hall–Kier alpha value is -2.97. The molecule has 142 valence electrons. The summed E-state index contributed by atoms with van der Waals surface area (Å²) in [4.78, 5) is 14.3. The van der Waals surface area contributed by atoms with Crippen LogP contribution in [-0.4, -0.2) is 24.0 Å². The molecular weight excluding hydrogens is 374 g/mol. The lowest BCUT2D eigenvalue weighted by Crippen LogP contribution is -2.44. The SMILES string of the molecule is N#CC1CCN(C(=O)NCc2oc3ccc(Cl)cc3c2-c2ccccc2)CC1. The fourth-order valence-electron chi connectivity index (χ4n) is 3.65. The molecule has 0 spiro atoms. The Morgan fingerprint density at radius 3 is 2.68 bits per heavy atom. The minimum Gasteiger partial charge on any atom is -0.459 e. The van der Waals surface area contributed by atoms with Crippen LogP contribution in [0.15, 0.2) is 52.9 Å². The number of carbonyl (C=O) groups is 1. The number of amides is 2. The Labute approximate surface area is 168 Å². The van der Waals surface area contributed by atoms with E-state index in [-0.39, 0.29) is 18.5 Å².